The molecular formula is C15H19F2N3. The summed E-state index contributed by atoms with van der Waals surface area (Å²) in [6.45, 7) is 6.22. The van der Waals surface area contributed by atoms with Crippen molar-refractivity contribution in [3.8, 4) is 0 Å². The molecule has 1 aromatic heterocycles. The predicted molar refractivity (Wildman–Crippen MR) is 74.2 cm³/mol. The van der Waals surface area contributed by atoms with Crippen LogP contribution in [0.25, 0.3) is 0 Å². The lowest BCUT2D eigenvalue weighted by Gasteiger charge is -2.10. The Hall–Kier alpha value is -1.75. The lowest BCUT2D eigenvalue weighted by Crippen LogP contribution is -2.21. The van der Waals surface area contributed by atoms with Gasteiger partial charge in [0.1, 0.15) is 17.5 Å². The molecule has 0 fully saturated rings. The second kappa shape index (κ2) is 6.61. The van der Waals surface area contributed by atoms with Gasteiger partial charge in [0.05, 0.1) is 6.54 Å². The van der Waals surface area contributed by atoms with Crippen molar-refractivity contribution in [1.29, 1.82) is 0 Å². The van der Waals surface area contributed by atoms with Crippen LogP contribution in [-0.2, 0) is 13.1 Å². The Morgan fingerprint density at radius 3 is 2.55 bits per heavy atom. The second-order valence-electron chi connectivity index (χ2n) is 5.27. The fraction of sp³-hybridized carbons (Fsp3) is 0.400. The predicted octanol–water partition coefficient (Wildman–Crippen LogP) is 2.96. The summed E-state index contributed by atoms with van der Waals surface area (Å²) in [5.74, 6) is 0.310. The van der Waals surface area contributed by atoms with Crippen LogP contribution >= 0.6 is 0 Å². The summed E-state index contributed by atoms with van der Waals surface area (Å²) in [6, 6.07) is 3.56. The molecule has 108 valence electrons. The number of benzene rings is 1. The van der Waals surface area contributed by atoms with Gasteiger partial charge < -0.3 is 9.88 Å². The molecule has 3 nitrogen and oxygen atoms in total. The molecule has 0 spiro atoms. The van der Waals surface area contributed by atoms with Crippen molar-refractivity contribution in [2.45, 2.75) is 26.9 Å². The topological polar surface area (TPSA) is 29.9 Å². The molecule has 20 heavy (non-hydrogen) atoms. The first-order chi connectivity index (χ1) is 9.54. The van der Waals surface area contributed by atoms with Crippen molar-refractivity contribution >= 4 is 0 Å². The number of rotatable bonds is 6. The van der Waals surface area contributed by atoms with E-state index < -0.39 is 11.6 Å². The molecular weight excluding hydrogens is 260 g/mol. The van der Waals surface area contributed by atoms with Crippen molar-refractivity contribution in [2.75, 3.05) is 6.54 Å². The van der Waals surface area contributed by atoms with Crippen LogP contribution in [0, 0.1) is 17.6 Å². The van der Waals surface area contributed by atoms with Crippen molar-refractivity contribution in [3.63, 3.8) is 0 Å². The Morgan fingerprint density at radius 2 is 1.90 bits per heavy atom. The van der Waals surface area contributed by atoms with Gasteiger partial charge in [-0.1, -0.05) is 13.8 Å². The van der Waals surface area contributed by atoms with E-state index in [4.69, 9.17) is 0 Å². The molecule has 0 radical (unpaired) electrons. The van der Waals surface area contributed by atoms with E-state index in [1.807, 2.05) is 10.8 Å². The van der Waals surface area contributed by atoms with Crippen molar-refractivity contribution in [2.24, 2.45) is 5.92 Å². The maximum absolute atomic E-state index is 13.2. The summed E-state index contributed by atoms with van der Waals surface area (Å²) in [5.41, 5.74) is 0.589. The first kappa shape index (κ1) is 14.7. The lowest BCUT2D eigenvalue weighted by atomic mass is 10.2. The highest BCUT2D eigenvalue weighted by molar-refractivity contribution is 5.18. The molecule has 0 aliphatic rings. The molecule has 1 N–H and O–H groups in total. The molecule has 0 amide bonds. The third-order valence-electron chi connectivity index (χ3n) is 2.91. The molecule has 0 atom stereocenters. The average molecular weight is 279 g/mol. The number of nitrogens with one attached hydrogen (secondary N) is 1. The van der Waals surface area contributed by atoms with Gasteiger partial charge in [-0.05, 0) is 30.2 Å². The van der Waals surface area contributed by atoms with Crippen LogP contribution in [0.1, 0.15) is 25.2 Å². The van der Waals surface area contributed by atoms with Crippen LogP contribution in [0.5, 0.6) is 0 Å². The highest BCUT2D eigenvalue weighted by atomic mass is 19.1. The fourth-order valence-electron chi connectivity index (χ4n) is 2.02. The average Bonchev–Trinajstić information content (AvgIpc) is 2.75. The van der Waals surface area contributed by atoms with Gasteiger partial charge in [-0.25, -0.2) is 13.8 Å². The molecule has 0 bridgehead atoms. The molecule has 2 aromatic rings. The van der Waals surface area contributed by atoms with E-state index in [0.717, 1.165) is 18.4 Å². The summed E-state index contributed by atoms with van der Waals surface area (Å²) < 4.78 is 28.2. The second-order valence-corrected chi connectivity index (χ2v) is 5.27. The number of hydrogen-bond donors (Lipinski definition) is 1. The van der Waals surface area contributed by atoms with E-state index in [2.05, 4.69) is 24.1 Å². The van der Waals surface area contributed by atoms with Gasteiger partial charge >= 0.3 is 0 Å². The van der Waals surface area contributed by atoms with Crippen LogP contribution in [0.4, 0.5) is 8.78 Å². The zero-order valence-corrected chi connectivity index (χ0v) is 11.7. The lowest BCUT2D eigenvalue weighted by molar-refractivity contribution is 0.531. The van der Waals surface area contributed by atoms with Gasteiger partial charge in [0.25, 0.3) is 0 Å². The number of nitrogens with zero attached hydrogens (tertiary/aromatic N) is 2. The van der Waals surface area contributed by atoms with E-state index in [0.29, 0.717) is 24.6 Å². The quantitative estimate of drug-likeness (QED) is 0.881. The Kier molecular flexibility index (Phi) is 4.84. The minimum absolute atomic E-state index is 0.410. The zero-order chi connectivity index (χ0) is 14.5. The number of hydrogen-bond acceptors (Lipinski definition) is 2. The standard InChI is InChI=1S/C15H19F2N3/c1-11(2)8-18-9-15-19-3-4-20(15)10-12-5-13(16)7-14(17)6-12/h3-7,11,18H,8-10H2,1-2H3. The largest absolute Gasteiger partial charge is 0.329 e. The van der Waals surface area contributed by atoms with Crippen LogP contribution in [0.15, 0.2) is 30.6 Å². The smallest absolute Gasteiger partial charge is 0.126 e. The Morgan fingerprint density at radius 1 is 1.20 bits per heavy atom. The minimum atomic E-state index is -0.556. The molecule has 2 rings (SSSR count). The van der Waals surface area contributed by atoms with Crippen LogP contribution in [0.3, 0.4) is 0 Å². The van der Waals surface area contributed by atoms with Gasteiger partial charge in [0.15, 0.2) is 0 Å². The number of aromatic nitrogens is 2. The van der Waals surface area contributed by atoms with Gasteiger partial charge in [0, 0.05) is 25.0 Å². The monoisotopic (exact) mass is 279 g/mol. The van der Waals surface area contributed by atoms with Crippen molar-refractivity contribution in [3.05, 3.63) is 53.6 Å². The Labute approximate surface area is 117 Å². The SMILES string of the molecule is CC(C)CNCc1nccn1Cc1cc(F)cc(F)c1. The first-order valence-electron chi connectivity index (χ1n) is 6.70. The zero-order valence-electron chi connectivity index (χ0n) is 11.7. The molecule has 1 aromatic carbocycles. The Balaban J connectivity index is 2.04. The summed E-state index contributed by atoms with van der Waals surface area (Å²) in [7, 11) is 0. The van der Waals surface area contributed by atoms with E-state index in [1.54, 1.807) is 6.20 Å². The van der Waals surface area contributed by atoms with E-state index in [1.165, 1.54) is 12.1 Å². The molecule has 1 heterocycles. The van der Waals surface area contributed by atoms with Crippen LogP contribution in [-0.4, -0.2) is 16.1 Å². The maximum atomic E-state index is 13.2. The first-order valence-corrected chi connectivity index (χ1v) is 6.70. The molecule has 0 aliphatic heterocycles. The summed E-state index contributed by atoms with van der Waals surface area (Å²) in [4.78, 5) is 4.27. The fourth-order valence-corrected chi connectivity index (χ4v) is 2.02. The maximum Gasteiger partial charge on any atom is 0.126 e. The molecule has 5 heteroatoms. The normalized spacial score (nSPS) is 11.2. The number of imidazole rings is 1. The van der Waals surface area contributed by atoms with E-state index in [9.17, 15) is 8.78 Å². The highest BCUT2D eigenvalue weighted by Gasteiger charge is 2.06. The van der Waals surface area contributed by atoms with E-state index >= 15 is 0 Å². The number of halogens is 2. The highest BCUT2D eigenvalue weighted by Crippen LogP contribution is 2.11. The van der Waals surface area contributed by atoms with Gasteiger partial charge in [-0.3, -0.25) is 0 Å². The van der Waals surface area contributed by atoms with Crippen LogP contribution in [0.2, 0.25) is 0 Å². The summed E-state index contributed by atoms with van der Waals surface area (Å²) >= 11 is 0. The third kappa shape index (κ3) is 4.13. The van der Waals surface area contributed by atoms with E-state index in [-0.39, 0.29) is 0 Å². The Bertz CT molecular complexity index is 544. The van der Waals surface area contributed by atoms with Gasteiger partial charge in [-0.15, -0.1) is 0 Å². The van der Waals surface area contributed by atoms with Crippen molar-refractivity contribution < 1.29 is 8.78 Å². The van der Waals surface area contributed by atoms with Gasteiger partial charge in [-0.2, -0.15) is 0 Å². The van der Waals surface area contributed by atoms with Crippen LogP contribution < -0.4 is 5.32 Å². The van der Waals surface area contributed by atoms with Gasteiger partial charge in [0.2, 0.25) is 0 Å². The molecule has 0 aliphatic carbocycles. The summed E-state index contributed by atoms with van der Waals surface area (Å²) in [6.07, 6.45) is 3.51. The molecule has 0 unspecified atom stereocenters. The molecule has 0 saturated heterocycles. The molecule has 0 saturated carbocycles. The van der Waals surface area contributed by atoms with Crippen molar-refractivity contribution in [1.82, 2.24) is 14.9 Å². The minimum Gasteiger partial charge on any atom is -0.329 e. The summed E-state index contributed by atoms with van der Waals surface area (Å²) in [5, 5.41) is 3.30. The third-order valence-corrected chi connectivity index (χ3v) is 2.91.